The Hall–Kier alpha value is -3.88. The van der Waals surface area contributed by atoms with Crippen LogP contribution in [-0.4, -0.2) is 27.3 Å². The average Bonchev–Trinajstić information content (AvgIpc) is 3.48. The van der Waals surface area contributed by atoms with Gasteiger partial charge in [-0.05, 0) is 36.8 Å². The third-order valence-corrected chi connectivity index (χ3v) is 7.35. The van der Waals surface area contributed by atoms with Crippen molar-refractivity contribution in [2.24, 2.45) is 5.73 Å². The van der Waals surface area contributed by atoms with Crippen LogP contribution in [0.25, 0.3) is 16.2 Å². The molecule has 0 fully saturated rings. The van der Waals surface area contributed by atoms with Crippen LogP contribution < -0.4 is 15.4 Å². The number of pyridine rings is 2. The minimum absolute atomic E-state index is 0.352. The molecule has 0 radical (unpaired) electrons. The summed E-state index contributed by atoms with van der Waals surface area (Å²) in [6.07, 6.45) is 5.25. The molecule has 2 N–H and O–H groups in total. The topological polar surface area (TPSA) is 85.8 Å². The zero-order valence-corrected chi connectivity index (χ0v) is 21.3. The number of carbonyl (C=O) groups excluding carboxylic acids is 1. The Morgan fingerprint density at radius 2 is 1.97 bits per heavy atom. The van der Waals surface area contributed by atoms with Crippen LogP contribution in [0.3, 0.4) is 0 Å². The largest absolute Gasteiger partial charge is 0.484 e. The van der Waals surface area contributed by atoms with Crippen LogP contribution in [-0.2, 0) is 6.54 Å². The van der Waals surface area contributed by atoms with E-state index < -0.39 is 5.91 Å². The molecule has 1 amide bonds. The molecule has 4 heterocycles. The predicted octanol–water partition coefficient (Wildman–Crippen LogP) is 5.99. The number of thiophene rings is 1. The summed E-state index contributed by atoms with van der Waals surface area (Å²) in [7, 11) is 2.00. The van der Waals surface area contributed by atoms with Gasteiger partial charge in [-0.3, -0.25) is 9.20 Å². The van der Waals surface area contributed by atoms with E-state index in [1.165, 1.54) is 11.3 Å². The first-order chi connectivity index (χ1) is 17.4. The number of amides is 1. The van der Waals surface area contributed by atoms with Gasteiger partial charge in [-0.25, -0.2) is 9.97 Å². The highest BCUT2D eigenvalue weighted by atomic mass is 35.5. The number of hydrogen-bond donors (Lipinski definition) is 1. The van der Waals surface area contributed by atoms with Gasteiger partial charge in [0, 0.05) is 42.6 Å². The SMILES string of the molecule is CC(Oc1cc(-c2cnc3ccc(CN(C)c4ccccn4)cn23)sc1C(N)=O)c1ccccc1Cl. The van der Waals surface area contributed by atoms with E-state index in [1.54, 1.807) is 12.4 Å². The van der Waals surface area contributed by atoms with Gasteiger partial charge in [0.2, 0.25) is 0 Å². The number of aromatic nitrogens is 3. The van der Waals surface area contributed by atoms with Crippen molar-refractivity contribution in [2.45, 2.75) is 19.6 Å². The highest BCUT2D eigenvalue weighted by molar-refractivity contribution is 7.17. The van der Waals surface area contributed by atoms with Gasteiger partial charge in [0.15, 0.2) is 0 Å². The van der Waals surface area contributed by atoms with Gasteiger partial charge in [-0.1, -0.05) is 41.9 Å². The van der Waals surface area contributed by atoms with E-state index in [2.05, 4.69) is 20.9 Å². The molecule has 0 saturated heterocycles. The number of hydrogen-bond acceptors (Lipinski definition) is 6. The lowest BCUT2D eigenvalue weighted by Gasteiger charge is -2.18. The molecular weight excluding hydrogens is 494 g/mol. The molecule has 1 aromatic carbocycles. The van der Waals surface area contributed by atoms with Crippen molar-refractivity contribution < 1.29 is 9.53 Å². The van der Waals surface area contributed by atoms with Crippen molar-refractivity contribution in [2.75, 3.05) is 11.9 Å². The number of halogens is 1. The fraction of sp³-hybridized carbons (Fsp3) is 0.148. The monoisotopic (exact) mass is 517 g/mol. The smallest absolute Gasteiger partial charge is 0.262 e. The zero-order valence-electron chi connectivity index (χ0n) is 19.8. The molecule has 36 heavy (non-hydrogen) atoms. The Bertz CT molecular complexity index is 1530. The molecule has 1 atom stereocenters. The first kappa shape index (κ1) is 23.8. The molecule has 5 rings (SSSR count). The molecule has 0 spiro atoms. The van der Waals surface area contributed by atoms with E-state index in [-0.39, 0.29) is 6.10 Å². The first-order valence-electron chi connectivity index (χ1n) is 11.3. The number of nitrogens with two attached hydrogens (primary N) is 1. The number of rotatable bonds is 8. The molecule has 0 saturated carbocycles. The molecule has 9 heteroatoms. The highest BCUT2D eigenvalue weighted by Crippen LogP contribution is 2.39. The van der Waals surface area contributed by atoms with E-state index in [4.69, 9.17) is 22.1 Å². The van der Waals surface area contributed by atoms with Gasteiger partial charge in [0.05, 0.1) is 16.8 Å². The molecule has 5 aromatic rings. The third-order valence-electron chi connectivity index (χ3n) is 5.85. The van der Waals surface area contributed by atoms with Gasteiger partial charge in [0.1, 0.15) is 28.2 Å². The Labute approximate surface area is 217 Å². The summed E-state index contributed by atoms with van der Waals surface area (Å²) in [6, 6.07) is 19.2. The van der Waals surface area contributed by atoms with Crippen LogP contribution in [0.2, 0.25) is 5.02 Å². The molecule has 182 valence electrons. The van der Waals surface area contributed by atoms with E-state index in [9.17, 15) is 4.79 Å². The maximum absolute atomic E-state index is 12.3. The molecule has 0 aliphatic carbocycles. The zero-order chi connectivity index (χ0) is 25.2. The predicted molar refractivity (Wildman–Crippen MR) is 144 cm³/mol. The summed E-state index contributed by atoms with van der Waals surface area (Å²) in [5.74, 6) is 0.775. The van der Waals surface area contributed by atoms with Crippen molar-refractivity contribution in [1.82, 2.24) is 14.4 Å². The van der Waals surface area contributed by atoms with E-state index >= 15 is 0 Å². The Morgan fingerprint density at radius 3 is 2.72 bits per heavy atom. The minimum atomic E-state index is -0.542. The van der Waals surface area contributed by atoms with Crippen LogP contribution in [0.1, 0.15) is 33.8 Å². The number of benzene rings is 1. The molecule has 4 aromatic heterocycles. The summed E-state index contributed by atoms with van der Waals surface area (Å²) < 4.78 is 8.19. The maximum Gasteiger partial charge on any atom is 0.262 e. The molecule has 0 bridgehead atoms. The van der Waals surface area contributed by atoms with Gasteiger partial charge in [-0.2, -0.15) is 0 Å². The summed E-state index contributed by atoms with van der Waals surface area (Å²) in [5, 5.41) is 0.603. The molecule has 7 nitrogen and oxygen atoms in total. The van der Waals surface area contributed by atoms with Gasteiger partial charge >= 0.3 is 0 Å². The van der Waals surface area contributed by atoms with Crippen LogP contribution in [0.5, 0.6) is 5.75 Å². The number of anilines is 1. The Morgan fingerprint density at radius 1 is 1.17 bits per heavy atom. The average molecular weight is 518 g/mol. The quantitative estimate of drug-likeness (QED) is 0.273. The van der Waals surface area contributed by atoms with Crippen LogP contribution in [0.4, 0.5) is 5.82 Å². The van der Waals surface area contributed by atoms with E-state index in [0.29, 0.717) is 22.2 Å². The van der Waals surface area contributed by atoms with Gasteiger partial charge in [-0.15, -0.1) is 11.3 Å². The number of ether oxygens (including phenoxy) is 1. The summed E-state index contributed by atoms with van der Waals surface area (Å²) >= 11 is 7.63. The molecule has 0 aliphatic heterocycles. The number of nitrogens with zero attached hydrogens (tertiary/aromatic N) is 4. The van der Waals surface area contributed by atoms with Gasteiger partial charge < -0.3 is 15.4 Å². The second-order valence-electron chi connectivity index (χ2n) is 8.40. The van der Waals surface area contributed by atoms with Crippen molar-refractivity contribution in [1.29, 1.82) is 0 Å². The molecular formula is C27H24ClN5O2S. The Kier molecular flexibility index (Phi) is 6.63. The van der Waals surface area contributed by atoms with E-state index in [1.807, 2.05) is 79.2 Å². The van der Waals surface area contributed by atoms with Crippen LogP contribution in [0.15, 0.2) is 79.3 Å². The lowest BCUT2D eigenvalue weighted by atomic mass is 10.1. The molecule has 1 unspecified atom stereocenters. The van der Waals surface area contributed by atoms with Crippen molar-refractivity contribution in [3.63, 3.8) is 0 Å². The number of primary amides is 1. The van der Waals surface area contributed by atoms with Gasteiger partial charge in [0.25, 0.3) is 5.91 Å². The van der Waals surface area contributed by atoms with Crippen LogP contribution >= 0.6 is 22.9 Å². The first-order valence-corrected chi connectivity index (χ1v) is 12.5. The highest BCUT2D eigenvalue weighted by Gasteiger charge is 2.21. The second-order valence-corrected chi connectivity index (χ2v) is 9.86. The number of carbonyl (C=O) groups is 1. The molecule has 0 aliphatic rings. The summed E-state index contributed by atoms with van der Waals surface area (Å²) in [5.41, 5.74) is 9.27. The number of fused-ring (bicyclic) bond motifs is 1. The standard InChI is InChI=1S/C27H24ClN5O2S/c1-17(19-7-3-4-8-20(19)28)35-22-13-23(36-26(22)27(29)34)21-14-31-25-11-10-18(16-33(21)25)15-32(2)24-9-5-6-12-30-24/h3-14,16-17H,15H2,1-2H3,(H2,29,34). The maximum atomic E-state index is 12.3. The van der Waals surface area contributed by atoms with Crippen molar-refractivity contribution in [3.05, 3.63) is 100 Å². The van der Waals surface area contributed by atoms with Crippen molar-refractivity contribution in [3.8, 4) is 16.3 Å². The lowest BCUT2D eigenvalue weighted by Crippen LogP contribution is -2.17. The normalized spacial score (nSPS) is 12.0. The fourth-order valence-corrected chi connectivity index (χ4v) is 5.29. The summed E-state index contributed by atoms with van der Waals surface area (Å²) in [4.78, 5) is 24.5. The lowest BCUT2D eigenvalue weighted by molar-refractivity contribution is 0.0998. The Balaban J connectivity index is 1.46. The minimum Gasteiger partial charge on any atom is -0.484 e. The van der Waals surface area contributed by atoms with Crippen LogP contribution in [0, 0.1) is 0 Å². The fourth-order valence-electron chi connectivity index (χ4n) is 4.05. The summed E-state index contributed by atoms with van der Waals surface area (Å²) in [6.45, 7) is 2.56. The second kappa shape index (κ2) is 10.0. The van der Waals surface area contributed by atoms with Crippen molar-refractivity contribution >= 4 is 40.3 Å². The number of imidazole rings is 1. The van der Waals surface area contributed by atoms with E-state index in [0.717, 1.165) is 33.2 Å². The third kappa shape index (κ3) is 4.78.